The zero-order chi connectivity index (χ0) is 23.2. The Hall–Kier alpha value is -3.14. The lowest BCUT2D eigenvalue weighted by Gasteiger charge is -2.39. The van der Waals surface area contributed by atoms with Gasteiger partial charge in [-0.3, -0.25) is 9.69 Å². The Morgan fingerprint density at radius 1 is 1.00 bits per heavy atom. The Bertz CT molecular complexity index is 1220. The summed E-state index contributed by atoms with van der Waals surface area (Å²) in [5.41, 5.74) is 0.592. The molecule has 4 rings (SSSR count). The van der Waals surface area contributed by atoms with E-state index >= 15 is 0 Å². The van der Waals surface area contributed by atoms with Crippen molar-refractivity contribution in [2.24, 2.45) is 0 Å². The minimum atomic E-state index is -4.61. The predicted octanol–water partition coefficient (Wildman–Crippen LogP) is 6.08. The van der Waals surface area contributed by atoms with Crippen LogP contribution < -0.4 is 14.5 Å². The molecule has 2 heterocycles. The first-order valence-corrected chi connectivity index (χ1v) is 10.2. The largest absolute Gasteiger partial charge is 0.481 e. The van der Waals surface area contributed by atoms with E-state index in [0.717, 1.165) is 12.1 Å². The van der Waals surface area contributed by atoms with Crippen molar-refractivity contribution in [2.75, 3.05) is 23.6 Å². The van der Waals surface area contributed by atoms with Crippen LogP contribution in [-0.4, -0.2) is 24.7 Å². The summed E-state index contributed by atoms with van der Waals surface area (Å²) in [6.45, 7) is 1.65. The van der Waals surface area contributed by atoms with Crippen molar-refractivity contribution in [3.63, 3.8) is 0 Å². The number of carbonyl (C=O) groups is 1. The number of ether oxygens (including phenoxy) is 1. The molecule has 2 aromatic carbocycles. The summed E-state index contributed by atoms with van der Waals surface area (Å²) < 4.78 is 59.3. The number of aromatic nitrogens is 1. The number of nitrogens with zero attached hydrogens (tertiary/aromatic N) is 3. The first kappa shape index (κ1) is 22.1. The molecule has 0 spiro atoms. The molecule has 5 nitrogen and oxygen atoms in total. The van der Waals surface area contributed by atoms with Gasteiger partial charge >= 0.3 is 6.18 Å². The van der Waals surface area contributed by atoms with Crippen LogP contribution in [0.5, 0.6) is 5.88 Å². The molecule has 10 heteroatoms. The molecule has 0 bridgehead atoms. The summed E-state index contributed by atoms with van der Waals surface area (Å²) in [5.74, 6) is -0.738. The van der Waals surface area contributed by atoms with Crippen LogP contribution in [0.2, 0.25) is 0 Å². The first-order valence-electron chi connectivity index (χ1n) is 9.37. The number of aryl methyl sites for hydroxylation is 1. The lowest BCUT2D eigenvalue weighted by atomic mass is 10.0. The third kappa shape index (κ3) is 3.90. The van der Waals surface area contributed by atoms with Crippen LogP contribution in [-0.2, 0) is 6.18 Å². The summed E-state index contributed by atoms with van der Waals surface area (Å²) in [4.78, 5) is 20.6. The van der Waals surface area contributed by atoms with Crippen molar-refractivity contribution < 1.29 is 27.1 Å². The SMILES string of the molecule is COc1ccc(N2CN(c3ccc(F)cc3Br)c3ccc(C(F)(F)F)cc3C2=O)c(C)n1. The molecule has 3 aromatic rings. The number of rotatable bonds is 3. The molecule has 0 saturated carbocycles. The van der Waals surface area contributed by atoms with E-state index in [9.17, 15) is 22.4 Å². The number of halogens is 5. The highest BCUT2D eigenvalue weighted by atomic mass is 79.9. The van der Waals surface area contributed by atoms with Gasteiger partial charge in [0.25, 0.3) is 5.91 Å². The third-order valence-corrected chi connectivity index (χ3v) is 5.74. The number of benzene rings is 2. The number of methoxy groups -OCH3 is 1. The van der Waals surface area contributed by atoms with Gasteiger partial charge in [0.15, 0.2) is 0 Å². The Kier molecular flexibility index (Phi) is 5.58. The normalized spacial score (nSPS) is 13.9. The van der Waals surface area contributed by atoms with Crippen molar-refractivity contribution in [3.8, 4) is 5.88 Å². The minimum Gasteiger partial charge on any atom is -0.481 e. The van der Waals surface area contributed by atoms with Crippen molar-refractivity contribution in [2.45, 2.75) is 13.1 Å². The first-order chi connectivity index (χ1) is 15.1. The monoisotopic (exact) mass is 509 g/mol. The molecule has 166 valence electrons. The fourth-order valence-corrected chi connectivity index (χ4v) is 4.13. The number of hydrogen-bond acceptors (Lipinski definition) is 4. The molecule has 0 radical (unpaired) electrons. The predicted molar refractivity (Wildman–Crippen MR) is 115 cm³/mol. The van der Waals surface area contributed by atoms with Gasteiger partial charge in [-0.15, -0.1) is 0 Å². The molecular formula is C22H16BrF4N3O2. The molecule has 1 amide bonds. The molecule has 32 heavy (non-hydrogen) atoms. The molecular weight excluding hydrogens is 494 g/mol. The Morgan fingerprint density at radius 2 is 1.69 bits per heavy atom. The number of pyridine rings is 1. The number of hydrogen-bond donors (Lipinski definition) is 0. The molecule has 0 saturated heterocycles. The molecule has 1 aromatic heterocycles. The average molecular weight is 510 g/mol. The molecule has 0 unspecified atom stereocenters. The van der Waals surface area contributed by atoms with Crippen molar-refractivity contribution in [3.05, 3.63) is 75.6 Å². The van der Waals surface area contributed by atoms with Gasteiger partial charge in [0.2, 0.25) is 5.88 Å². The Morgan fingerprint density at radius 3 is 2.31 bits per heavy atom. The number of anilines is 3. The summed E-state index contributed by atoms with van der Waals surface area (Å²) in [6, 6.07) is 10.2. The minimum absolute atomic E-state index is 0.0176. The van der Waals surface area contributed by atoms with Gasteiger partial charge in [0.1, 0.15) is 12.5 Å². The van der Waals surface area contributed by atoms with Gasteiger partial charge in [-0.05, 0) is 65.3 Å². The van der Waals surface area contributed by atoms with Gasteiger partial charge in [0.05, 0.1) is 41.0 Å². The second-order valence-corrected chi connectivity index (χ2v) is 7.94. The maximum absolute atomic E-state index is 13.7. The quantitative estimate of drug-likeness (QED) is 0.401. The number of carbonyl (C=O) groups excluding carboxylic acids is 1. The standard InChI is InChI=1S/C22H16BrF4N3O2/c1-12-17(7-8-20(28-12)32-2)30-11-29(19-6-4-14(24)10-16(19)23)18-5-3-13(22(25,26)27)9-15(18)21(30)31/h3-10H,11H2,1-2H3. The zero-order valence-corrected chi connectivity index (χ0v) is 18.5. The molecule has 0 aliphatic carbocycles. The Balaban J connectivity index is 1.90. The summed E-state index contributed by atoms with van der Waals surface area (Å²) in [5, 5.41) is 0. The van der Waals surface area contributed by atoms with Gasteiger partial charge in [-0.2, -0.15) is 13.2 Å². The smallest absolute Gasteiger partial charge is 0.416 e. The van der Waals surface area contributed by atoms with E-state index in [-0.39, 0.29) is 17.9 Å². The van der Waals surface area contributed by atoms with E-state index in [0.29, 0.717) is 27.4 Å². The van der Waals surface area contributed by atoms with Gasteiger partial charge in [0, 0.05) is 10.5 Å². The fraction of sp³-hybridized carbons (Fsp3) is 0.182. The fourth-order valence-electron chi connectivity index (χ4n) is 3.57. The summed E-state index contributed by atoms with van der Waals surface area (Å²) in [6.07, 6.45) is -4.61. The van der Waals surface area contributed by atoms with Crippen LogP contribution in [0.25, 0.3) is 0 Å². The van der Waals surface area contributed by atoms with Gasteiger partial charge < -0.3 is 9.64 Å². The van der Waals surface area contributed by atoms with E-state index in [2.05, 4.69) is 20.9 Å². The van der Waals surface area contributed by atoms with E-state index in [1.54, 1.807) is 24.0 Å². The lowest BCUT2D eigenvalue weighted by Crippen LogP contribution is -2.45. The topological polar surface area (TPSA) is 45.7 Å². The van der Waals surface area contributed by atoms with Crippen molar-refractivity contribution >= 4 is 38.9 Å². The van der Waals surface area contributed by atoms with Crippen LogP contribution >= 0.6 is 15.9 Å². The highest BCUT2D eigenvalue weighted by molar-refractivity contribution is 9.10. The van der Waals surface area contributed by atoms with Gasteiger partial charge in [-0.1, -0.05) is 0 Å². The maximum atomic E-state index is 13.7. The molecule has 1 aliphatic heterocycles. The number of amides is 1. The second-order valence-electron chi connectivity index (χ2n) is 7.09. The number of alkyl halides is 3. The summed E-state index contributed by atoms with van der Waals surface area (Å²) in [7, 11) is 1.45. The van der Waals surface area contributed by atoms with E-state index in [4.69, 9.17) is 4.74 Å². The van der Waals surface area contributed by atoms with E-state index in [1.165, 1.54) is 36.3 Å². The highest BCUT2D eigenvalue weighted by Gasteiger charge is 2.37. The highest BCUT2D eigenvalue weighted by Crippen LogP contribution is 2.41. The third-order valence-electron chi connectivity index (χ3n) is 5.11. The van der Waals surface area contributed by atoms with Crippen LogP contribution in [0.4, 0.5) is 34.6 Å². The van der Waals surface area contributed by atoms with E-state index < -0.39 is 23.5 Å². The molecule has 1 aliphatic rings. The zero-order valence-electron chi connectivity index (χ0n) is 16.9. The average Bonchev–Trinajstić information content (AvgIpc) is 2.74. The molecule has 0 N–H and O–H groups in total. The van der Waals surface area contributed by atoms with Crippen LogP contribution in [0.15, 0.2) is 53.0 Å². The number of fused-ring (bicyclic) bond motifs is 1. The lowest BCUT2D eigenvalue weighted by molar-refractivity contribution is -0.137. The van der Waals surface area contributed by atoms with Crippen molar-refractivity contribution in [1.82, 2.24) is 4.98 Å². The molecule has 0 atom stereocenters. The molecule has 0 fully saturated rings. The van der Waals surface area contributed by atoms with Crippen LogP contribution in [0.1, 0.15) is 21.6 Å². The second kappa shape index (κ2) is 8.09. The van der Waals surface area contributed by atoms with Gasteiger partial charge in [-0.25, -0.2) is 9.37 Å². The van der Waals surface area contributed by atoms with Crippen LogP contribution in [0.3, 0.4) is 0 Å². The maximum Gasteiger partial charge on any atom is 0.416 e. The Labute approximate surface area is 189 Å². The van der Waals surface area contributed by atoms with E-state index in [1.807, 2.05) is 0 Å². The summed E-state index contributed by atoms with van der Waals surface area (Å²) >= 11 is 3.31. The van der Waals surface area contributed by atoms with Crippen LogP contribution in [0, 0.1) is 12.7 Å². The van der Waals surface area contributed by atoms with Crippen molar-refractivity contribution in [1.29, 1.82) is 0 Å².